The molecule has 0 fully saturated rings. The molecule has 0 bridgehead atoms. The first-order valence-corrected chi connectivity index (χ1v) is 8.19. The van der Waals surface area contributed by atoms with Crippen LogP contribution in [0.3, 0.4) is 0 Å². The second kappa shape index (κ2) is 15.2. The molecule has 11 heteroatoms. The molecule has 0 aliphatic heterocycles. The average molecular weight is 477 g/mol. The van der Waals surface area contributed by atoms with Crippen molar-refractivity contribution in [3.63, 3.8) is 0 Å². The predicted molar refractivity (Wildman–Crippen MR) is 109 cm³/mol. The van der Waals surface area contributed by atoms with Crippen molar-refractivity contribution in [2.24, 2.45) is 0 Å². The van der Waals surface area contributed by atoms with Gasteiger partial charge in [0.2, 0.25) is 0 Å². The number of hydrogen-bond acceptors (Lipinski definition) is 6. The van der Waals surface area contributed by atoms with Crippen LogP contribution in [0.5, 0.6) is 17.2 Å². The van der Waals surface area contributed by atoms with Crippen molar-refractivity contribution in [1.82, 2.24) is 0 Å². The van der Waals surface area contributed by atoms with Crippen molar-refractivity contribution in [2.75, 3.05) is 0 Å². The second-order valence-electron chi connectivity index (χ2n) is 5.47. The van der Waals surface area contributed by atoms with Gasteiger partial charge in [0.25, 0.3) is 0 Å². The fourth-order valence-corrected chi connectivity index (χ4v) is 1.96. The molecule has 0 aliphatic rings. The van der Waals surface area contributed by atoms with E-state index in [1.807, 2.05) is 0 Å². The molecule has 0 aliphatic carbocycles. The number of hydrogen-bond donors (Lipinski definition) is 6. The Bertz CT molecular complexity index is 904. The zero-order chi connectivity index (χ0) is 22.7. The van der Waals surface area contributed by atoms with Crippen LogP contribution < -0.4 is 0 Å². The molecule has 0 amide bonds. The number of carboxylic acid groups (broad SMARTS) is 3. The van der Waals surface area contributed by atoms with Crippen LogP contribution in [-0.2, 0) is 25.8 Å². The van der Waals surface area contributed by atoms with Gasteiger partial charge in [-0.15, -0.1) is 0 Å². The van der Waals surface area contributed by atoms with E-state index in [0.29, 0.717) is 0 Å². The van der Waals surface area contributed by atoms with Crippen LogP contribution in [0.1, 0.15) is 31.1 Å². The standard InChI is InChI=1S/3C7H6O3.H2O.Sc/c3*8-6-4-2-1-3-5(6)7(9)10;;/h3*1-4,8H,(H,9,10);1H2;. The van der Waals surface area contributed by atoms with Crippen LogP contribution in [0, 0.1) is 0 Å². The van der Waals surface area contributed by atoms with Crippen molar-refractivity contribution >= 4 is 17.9 Å². The van der Waals surface area contributed by atoms with Gasteiger partial charge < -0.3 is 36.1 Å². The monoisotopic (exact) mass is 477 g/mol. The molecule has 0 saturated heterocycles. The molecule has 0 aromatic heterocycles. The first-order chi connectivity index (χ1) is 14.1. The molecule has 0 heterocycles. The molecule has 1 radical (unpaired) electrons. The maximum absolute atomic E-state index is 10.3. The third-order valence-electron chi connectivity index (χ3n) is 3.40. The van der Waals surface area contributed by atoms with Crippen molar-refractivity contribution in [3.05, 3.63) is 89.5 Å². The number of para-hydroxylation sites is 3. The van der Waals surface area contributed by atoms with Gasteiger partial charge in [0.1, 0.15) is 33.9 Å². The van der Waals surface area contributed by atoms with E-state index in [4.69, 9.17) is 30.6 Å². The normalized spacial score (nSPS) is 8.62. The van der Waals surface area contributed by atoms with E-state index in [0.717, 1.165) is 0 Å². The zero-order valence-corrected chi connectivity index (χ0v) is 18.2. The van der Waals surface area contributed by atoms with Crippen molar-refractivity contribution < 1.29 is 76.3 Å². The fraction of sp³-hybridized carbons (Fsp3) is 0. The summed E-state index contributed by atoms with van der Waals surface area (Å²) in [5.41, 5.74) is -0.201. The maximum Gasteiger partial charge on any atom is 0.339 e. The van der Waals surface area contributed by atoms with Gasteiger partial charge >= 0.3 is 17.9 Å². The second-order valence-corrected chi connectivity index (χ2v) is 5.47. The number of phenols is 3. The van der Waals surface area contributed by atoms with Gasteiger partial charge in [-0.2, -0.15) is 0 Å². The van der Waals surface area contributed by atoms with Crippen LogP contribution in [0.2, 0.25) is 0 Å². The molecule has 0 saturated carbocycles. The van der Waals surface area contributed by atoms with Gasteiger partial charge in [-0.05, 0) is 36.4 Å². The zero-order valence-electron chi connectivity index (χ0n) is 16.4. The third-order valence-corrected chi connectivity index (χ3v) is 3.40. The average Bonchev–Trinajstić information content (AvgIpc) is 2.69. The maximum atomic E-state index is 10.3. The van der Waals surface area contributed by atoms with Crippen LogP contribution >= 0.6 is 0 Å². The summed E-state index contributed by atoms with van der Waals surface area (Å²) in [6.07, 6.45) is 0. The summed E-state index contributed by atoms with van der Waals surface area (Å²) in [6, 6.07) is 17.4. The van der Waals surface area contributed by atoms with Gasteiger partial charge in [0.15, 0.2) is 0 Å². The van der Waals surface area contributed by atoms with Crippen molar-refractivity contribution in [2.45, 2.75) is 0 Å². The van der Waals surface area contributed by atoms with Crippen molar-refractivity contribution in [3.8, 4) is 17.2 Å². The SMILES string of the molecule is O.O=C(O)c1ccccc1O.O=C(O)c1ccccc1O.O=C(O)c1ccccc1O.[Sc]. The minimum Gasteiger partial charge on any atom is -0.507 e. The summed E-state index contributed by atoms with van der Waals surface area (Å²) in [4.78, 5) is 30.8. The predicted octanol–water partition coefficient (Wildman–Crippen LogP) is 2.44. The number of aromatic carboxylic acids is 3. The molecule has 0 spiro atoms. The number of rotatable bonds is 3. The largest absolute Gasteiger partial charge is 0.507 e. The molecule has 3 rings (SSSR count). The van der Waals surface area contributed by atoms with E-state index in [9.17, 15) is 14.4 Å². The van der Waals surface area contributed by atoms with Gasteiger partial charge in [0, 0.05) is 25.8 Å². The Morgan fingerprint density at radius 2 is 0.656 bits per heavy atom. The molecule has 0 unspecified atom stereocenters. The van der Waals surface area contributed by atoms with Crippen LogP contribution in [0.15, 0.2) is 72.8 Å². The quantitative estimate of drug-likeness (QED) is 0.327. The minimum atomic E-state index is -1.11. The molecule has 0 atom stereocenters. The molecular formula is C21H20O10Sc. The number of benzene rings is 3. The van der Waals surface area contributed by atoms with Crippen LogP contribution in [0.4, 0.5) is 0 Å². The Morgan fingerprint density at radius 3 is 0.781 bits per heavy atom. The molecule has 167 valence electrons. The summed E-state index contributed by atoms with van der Waals surface area (Å²) in [6.45, 7) is 0. The van der Waals surface area contributed by atoms with Crippen LogP contribution in [-0.4, -0.2) is 54.0 Å². The topological polar surface area (TPSA) is 204 Å². The Labute approximate surface area is 200 Å². The van der Waals surface area contributed by atoms with Crippen molar-refractivity contribution in [1.29, 1.82) is 0 Å². The first-order valence-electron chi connectivity index (χ1n) is 8.19. The summed E-state index contributed by atoms with van der Waals surface area (Å²) < 4.78 is 0. The third kappa shape index (κ3) is 9.87. The molecule has 32 heavy (non-hydrogen) atoms. The summed E-state index contributed by atoms with van der Waals surface area (Å²) in [7, 11) is 0. The van der Waals surface area contributed by atoms with E-state index in [1.165, 1.54) is 36.4 Å². The fourth-order valence-electron chi connectivity index (χ4n) is 1.96. The smallest absolute Gasteiger partial charge is 0.339 e. The number of carboxylic acids is 3. The Morgan fingerprint density at radius 1 is 0.469 bits per heavy atom. The molecular weight excluding hydrogens is 457 g/mol. The molecule has 3 aromatic carbocycles. The van der Waals surface area contributed by atoms with Gasteiger partial charge in [-0.25, -0.2) is 14.4 Å². The van der Waals surface area contributed by atoms with Gasteiger partial charge in [0.05, 0.1) is 0 Å². The van der Waals surface area contributed by atoms with E-state index < -0.39 is 17.9 Å². The Hall–Kier alpha value is -3.70. The summed E-state index contributed by atoms with van der Waals surface area (Å²) in [5, 5.41) is 51.9. The van der Waals surface area contributed by atoms with E-state index in [1.54, 1.807) is 36.4 Å². The van der Waals surface area contributed by atoms with E-state index >= 15 is 0 Å². The Balaban J connectivity index is 0. The molecule has 3 aromatic rings. The molecule has 10 nitrogen and oxygen atoms in total. The summed E-state index contributed by atoms with van der Waals surface area (Å²) >= 11 is 0. The van der Waals surface area contributed by atoms with Gasteiger partial charge in [-0.1, -0.05) is 36.4 Å². The first kappa shape index (κ1) is 30.5. The summed E-state index contributed by atoms with van der Waals surface area (Å²) in [5.74, 6) is -3.94. The number of aromatic hydroxyl groups is 3. The minimum absolute atomic E-state index is 0. The molecule has 8 N–H and O–H groups in total. The van der Waals surface area contributed by atoms with Crippen LogP contribution in [0.25, 0.3) is 0 Å². The van der Waals surface area contributed by atoms with Gasteiger partial charge in [-0.3, -0.25) is 0 Å². The number of carbonyl (C=O) groups is 3. The van der Waals surface area contributed by atoms with E-state index in [-0.39, 0.29) is 65.3 Å². The van der Waals surface area contributed by atoms with E-state index in [2.05, 4.69) is 0 Å². The Kier molecular flexibility index (Phi) is 14.4.